The van der Waals surface area contributed by atoms with E-state index in [1.165, 1.54) is 4.90 Å². The lowest BCUT2D eigenvalue weighted by Crippen LogP contribution is -2.35. The van der Waals surface area contributed by atoms with E-state index >= 15 is 0 Å². The zero-order chi connectivity index (χ0) is 8.27. The van der Waals surface area contributed by atoms with Gasteiger partial charge in [0.1, 0.15) is 6.23 Å². The van der Waals surface area contributed by atoms with Crippen LogP contribution in [0.15, 0.2) is 0 Å². The van der Waals surface area contributed by atoms with Crippen LogP contribution in [0.4, 0.5) is 4.79 Å². The molecule has 1 N–H and O–H groups in total. The number of likely N-dealkylation sites (tertiary alicyclic amines) is 1. The Bertz CT molecular complexity index is 149. The maximum Gasteiger partial charge on any atom is 0.409 e. The van der Waals surface area contributed by atoms with Crippen molar-refractivity contribution in [3.8, 4) is 0 Å². The molecule has 1 saturated heterocycles. The van der Waals surface area contributed by atoms with Crippen molar-refractivity contribution in [3.05, 3.63) is 0 Å². The van der Waals surface area contributed by atoms with Gasteiger partial charge >= 0.3 is 6.09 Å². The second kappa shape index (κ2) is 3.57. The highest BCUT2D eigenvalue weighted by molar-refractivity contribution is 5.65. The summed E-state index contributed by atoms with van der Waals surface area (Å²) in [5.41, 5.74) is 0. The number of amides is 1. The molecule has 0 aromatic rings. The van der Waals surface area contributed by atoms with Crippen LogP contribution in [0.25, 0.3) is 0 Å². The second-order valence-electron chi connectivity index (χ2n) is 2.53. The molecule has 11 heavy (non-hydrogen) atoms. The summed E-state index contributed by atoms with van der Waals surface area (Å²) in [6.07, 6.45) is 0.676. The topological polar surface area (TPSA) is 49.8 Å². The van der Waals surface area contributed by atoms with Crippen LogP contribution >= 0.6 is 0 Å². The molecular formula is C7H13NO3. The van der Waals surface area contributed by atoms with E-state index in [0.29, 0.717) is 13.2 Å². The van der Waals surface area contributed by atoms with Gasteiger partial charge in [-0.1, -0.05) is 0 Å². The van der Waals surface area contributed by atoms with Gasteiger partial charge in [0.25, 0.3) is 0 Å². The number of ether oxygens (including phenoxy) is 1. The molecule has 1 fully saturated rings. The average molecular weight is 159 g/mol. The van der Waals surface area contributed by atoms with Gasteiger partial charge in [-0.2, -0.15) is 0 Å². The molecule has 1 heterocycles. The highest BCUT2D eigenvalue weighted by Crippen LogP contribution is 2.17. The van der Waals surface area contributed by atoms with Gasteiger partial charge < -0.3 is 9.84 Å². The molecule has 4 nitrogen and oxygen atoms in total. The first kappa shape index (κ1) is 8.33. The molecule has 1 aliphatic heterocycles. The van der Waals surface area contributed by atoms with Gasteiger partial charge in [0.05, 0.1) is 0 Å². The first-order valence-corrected chi connectivity index (χ1v) is 3.87. The van der Waals surface area contributed by atoms with E-state index in [9.17, 15) is 4.79 Å². The third-order valence-corrected chi connectivity index (χ3v) is 1.80. The minimum atomic E-state index is -0.874. The van der Waals surface area contributed by atoms with E-state index < -0.39 is 6.09 Å². The summed E-state index contributed by atoms with van der Waals surface area (Å²) >= 11 is 0. The lowest BCUT2D eigenvalue weighted by Gasteiger charge is -2.20. The van der Waals surface area contributed by atoms with Crippen molar-refractivity contribution in [2.24, 2.45) is 0 Å². The van der Waals surface area contributed by atoms with Crippen molar-refractivity contribution >= 4 is 6.09 Å². The lowest BCUT2D eigenvalue weighted by molar-refractivity contribution is -0.0197. The van der Waals surface area contributed by atoms with E-state index in [0.717, 1.165) is 12.8 Å². The molecule has 0 aliphatic carbocycles. The quantitative estimate of drug-likeness (QED) is 0.656. The fraction of sp³-hybridized carbons (Fsp3) is 0.857. The van der Waals surface area contributed by atoms with Crippen molar-refractivity contribution in [1.29, 1.82) is 0 Å². The first-order valence-electron chi connectivity index (χ1n) is 3.87. The number of carboxylic acid groups (broad SMARTS) is 1. The zero-order valence-corrected chi connectivity index (χ0v) is 6.62. The number of hydrogen-bond donors (Lipinski definition) is 1. The minimum absolute atomic E-state index is 0.197. The second-order valence-corrected chi connectivity index (χ2v) is 2.53. The molecule has 4 heteroatoms. The summed E-state index contributed by atoms with van der Waals surface area (Å²) in [5, 5.41) is 8.66. The fourth-order valence-corrected chi connectivity index (χ4v) is 1.32. The van der Waals surface area contributed by atoms with E-state index in [-0.39, 0.29) is 6.23 Å². The number of carbonyl (C=O) groups is 1. The minimum Gasteiger partial charge on any atom is -0.465 e. The molecule has 1 unspecified atom stereocenters. The Balaban J connectivity index is 2.44. The van der Waals surface area contributed by atoms with Gasteiger partial charge in [-0.05, 0) is 19.8 Å². The van der Waals surface area contributed by atoms with Gasteiger partial charge in [0.15, 0.2) is 0 Å². The standard InChI is InChI=1S/C7H13NO3/c1-2-11-6-4-3-5-8(6)7(9)10/h6H,2-5H2,1H3,(H,9,10). The first-order chi connectivity index (χ1) is 5.25. The molecule has 0 aromatic heterocycles. The molecule has 0 aromatic carbocycles. The van der Waals surface area contributed by atoms with Crippen LogP contribution < -0.4 is 0 Å². The summed E-state index contributed by atoms with van der Waals surface area (Å²) in [5.74, 6) is 0. The SMILES string of the molecule is CCOC1CCCN1C(=O)O. The summed E-state index contributed by atoms with van der Waals surface area (Å²) in [7, 11) is 0. The number of hydrogen-bond acceptors (Lipinski definition) is 2. The zero-order valence-electron chi connectivity index (χ0n) is 6.62. The Labute approximate surface area is 65.8 Å². The van der Waals surface area contributed by atoms with Gasteiger partial charge in [0.2, 0.25) is 0 Å². The molecule has 0 spiro atoms. The highest BCUT2D eigenvalue weighted by Gasteiger charge is 2.28. The summed E-state index contributed by atoms with van der Waals surface area (Å²) in [4.78, 5) is 11.9. The third kappa shape index (κ3) is 1.83. The predicted molar refractivity (Wildman–Crippen MR) is 39.4 cm³/mol. The largest absolute Gasteiger partial charge is 0.465 e. The molecule has 0 bridgehead atoms. The fourth-order valence-electron chi connectivity index (χ4n) is 1.32. The van der Waals surface area contributed by atoms with E-state index in [1.54, 1.807) is 0 Å². The maximum absolute atomic E-state index is 10.5. The van der Waals surface area contributed by atoms with Crippen LogP contribution in [0.1, 0.15) is 19.8 Å². The molecule has 1 atom stereocenters. The molecule has 64 valence electrons. The number of rotatable bonds is 2. The van der Waals surface area contributed by atoms with Crippen LogP contribution in [0.3, 0.4) is 0 Å². The highest BCUT2D eigenvalue weighted by atomic mass is 16.5. The van der Waals surface area contributed by atoms with E-state index in [1.807, 2.05) is 6.92 Å². The van der Waals surface area contributed by atoms with Gasteiger partial charge in [-0.15, -0.1) is 0 Å². The maximum atomic E-state index is 10.5. The smallest absolute Gasteiger partial charge is 0.409 e. The molecule has 0 radical (unpaired) electrons. The van der Waals surface area contributed by atoms with Crippen LogP contribution in [0, 0.1) is 0 Å². The van der Waals surface area contributed by atoms with E-state index in [4.69, 9.17) is 9.84 Å². The monoisotopic (exact) mass is 159 g/mol. The van der Waals surface area contributed by atoms with Crippen LogP contribution in [-0.2, 0) is 4.74 Å². The molecule has 0 saturated carbocycles. The summed E-state index contributed by atoms with van der Waals surface area (Å²) in [6, 6.07) is 0. The van der Waals surface area contributed by atoms with Crippen molar-refractivity contribution in [2.45, 2.75) is 26.0 Å². The lowest BCUT2D eigenvalue weighted by atomic mass is 10.4. The number of nitrogens with zero attached hydrogens (tertiary/aromatic N) is 1. The Morgan fingerprint density at radius 1 is 1.82 bits per heavy atom. The van der Waals surface area contributed by atoms with Crippen molar-refractivity contribution < 1.29 is 14.6 Å². The van der Waals surface area contributed by atoms with Crippen LogP contribution in [0.2, 0.25) is 0 Å². The predicted octanol–water partition coefficient (Wildman–Crippen LogP) is 1.12. The Hall–Kier alpha value is -0.770. The molecule has 1 aliphatic rings. The Kier molecular flexibility index (Phi) is 2.70. The van der Waals surface area contributed by atoms with Gasteiger partial charge in [0, 0.05) is 13.2 Å². The summed E-state index contributed by atoms with van der Waals surface area (Å²) < 4.78 is 5.22. The van der Waals surface area contributed by atoms with Crippen molar-refractivity contribution in [2.75, 3.05) is 13.2 Å². The van der Waals surface area contributed by atoms with Crippen LogP contribution in [-0.4, -0.2) is 35.5 Å². The van der Waals surface area contributed by atoms with Crippen molar-refractivity contribution in [3.63, 3.8) is 0 Å². The van der Waals surface area contributed by atoms with Crippen molar-refractivity contribution in [1.82, 2.24) is 4.90 Å². The average Bonchev–Trinajstić information content (AvgIpc) is 2.36. The molecule has 1 rings (SSSR count). The van der Waals surface area contributed by atoms with Gasteiger partial charge in [-0.3, -0.25) is 4.90 Å². The molecule has 1 amide bonds. The summed E-state index contributed by atoms with van der Waals surface area (Å²) in [6.45, 7) is 3.06. The third-order valence-electron chi connectivity index (χ3n) is 1.80. The normalized spacial score (nSPS) is 24.1. The Morgan fingerprint density at radius 3 is 3.09 bits per heavy atom. The van der Waals surface area contributed by atoms with Gasteiger partial charge in [-0.25, -0.2) is 4.79 Å². The van der Waals surface area contributed by atoms with E-state index in [2.05, 4.69) is 0 Å². The Morgan fingerprint density at radius 2 is 2.55 bits per heavy atom. The molecular weight excluding hydrogens is 146 g/mol. The van der Waals surface area contributed by atoms with Crippen LogP contribution in [0.5, 0.6) is 0 Å².